The third kappa shape index (κ3) is 1.20. The molecule has 2 aromatic carbocycles. The van der Waals surface area contributed by atoms with Crippen molar-refractivity contribution < 1.29 is 4.79 Å². The second kappa shape index (κ2) is 3.20. The van der Waals surface area contributed by atoms with Gasteiger partial charge >= 0.3 is 6.03 Å². The summed E-state index contributed by atoms with van der Waals surface area (Å²) in [5.41, 5.74) is 1.77. The largest absolute Gasteiger partial charge is 0.368 e. The van der Waals surface area contributed by atoms with Crippen LogP contribution < -0.4 is 10.7 Å². The van der Waals surface area contributed by atoms with E-state index in [9.17, 15) is 4.79 Å². The molecule has 0 saturated heterocycles. The highest BCUT2D eigenvalue weighted by atomic mass is 16.2. The van der Waals surface area contributed by atoms with Crippen LogP contribution in [0.1, 0.15) is 0 Å². The average Bonchev–Trinajstić information content (AvgIpc) is 2.77. The van der Waals surface area contributed by atoms with Gasteiger partial charge in [-0.1, -0.05) is 18.2 Å². The number of nitrogens with zero attached hydrogens (tertiary/aromatic N) is 3. The minimum Gasteiger partial charge on any atom is -0.248 e. The molecule has 0 saturated carbocycles. The second-order valence-corrected chi connectivity index (χ2v) is 4.19. The first kappa shape index (κ1) is 9.41. The zero-order valence-electron chi connectivity index (χ0n) is 9.29. The van der Waals surface area contributed by atoms with Crippen LogP contribution in [0.25, 0.3) is 21.8 Å². The summed E-state index contributed by atoms with van der Waals surface area (Å²) >= 11 is 0. The van der Waals surface area contributed by atoms with E-state index in [4.69, 9.17) is 0 Å². The predicted molar refractivity (Wildman–Crippen MR) is 67.0 cm³/mol. The van der Waals surface area contributed by atoms with Gasteiger partial charge in [-0.3, -0.25) is 0 Å². The summed E-state index contributed by atoms with van der Waals surface area (Å²) in [4.78, 5) is 23.6. The van der Waals surface area contributed by atoms with Crippen molar-refractivity contribution in [3.8, 4) is 0 Å². The maximum absolute atomic E-state index is 11.3. The van der Waals surface area contributed by atoms with E-state index in [1.807, 2.05) is 36.4 Å². The molecule has 0 aliphatic carbocycles. The molecule has 4 rings (SSSR count). The van der Waals surface area contributed by atoms with Crippen molar-refractivity contribution in [2.24, 2.45) is 9.98 Å². The number of hydrogen-bond donors (Lipinski definition) is 0. The summed E-state index contributed by atoms with van der Waals surface area (Å²) in [7, 11) is 0. The molecule has 1 aromatic heterocycles. The first-order chi connectivity index (χ1) is 8.81. The minimum atomic E-state index is -0.439. The number of aromatic nitrogens is 1. The van der Waals surface area contributed by atoms with Crippen LogP contribution in [0, 0.1) is 0 Å². The van der Waals surface area contributed by atoms with Gasteiger partial charge in [-0.05, 0) is 24.3 Å². The van der Waals surface area contributed by atoms with Gasteiger partial charge < -0.3 is 0 Å². The highest BCUT2D eigenvalue weighted by molar-refractivity contribution is 5.93. The zero-order chi connectivity index (χ0) is 12.1. The van der Waals surface area contributed by atoms with E-state index in [-0.39, 0.29) is 0 Å². The van der Waals surface area contributed by atoms with Crippen molar-refractivity contribution in [3.05, 3.63) is 53.2 Å². The average molecular weight is 233 g/mol. The van der Waals surface area contributed by atoms with E-state index < -0.39 is 6.03 Å². The lowest BCUT2D eigenvalue weighted by Gasteiger charge is -2.00. The number of carbonyl (C=O) groups excluding carboxylic acids is 1. The van der Waals surface area contributed by atoms with Crippen molar-refractivity contribution in [2.75, 3.05) is 0 Å². The van der Waals surface area contributed by atoms with E-state index >= 15 is 0 Å². The maximum Gasteiger partial charge on any atom is 0.368 e. The Hall–Kier alpha value is -2.62. The van der Waals surface area contributed by atoms with Gasteiger partial charge in [0, 0.05) is 10.8 Å². The molecule has 0 unspecified atom stereocenters. The van der Waals surface area contributed by atoms with Crippen molar-refractivity contribution in [1.29, 1.82) is 0 Å². The van der Waals surface area contributed by atoms with Crippen LogP contribution in [-0.2, 0) is 0 Å². The summed E-state index contributed by atoms with van der Waals surface area (Å²) in [6.45, 7) is 0. The number of carbonyl (C=O) groups is 1. The lowest BCUT2D eigenvalue weighted by Crippen LogP contribution is -2.22. The Morgan fingerprint density at radius 2 is 1.78 bits per heavy atom. The topological polar surface area (TPSA) is 54.7 Å². The standard InChI is InChI=1S/C14H7N3O/c18-14-16-12-6-5-11-9(13(12)17-14)7-8-3-1-2-4-10(8)15-11/h1-7H. The van der Waals surface area contributed by atoms with E-state index in [2.05, 4.69) is 15.0 Å². The Bertz CT molecular complexity index is 944. The van der Waals surface area contributed by atoms with Gasteiger partial charge in [0.15, 0.2) is 0 Å². The fraction of sp³-hybridized carbons (Fsp3) is 0. The molecule has 4 heteroatoms. The summed E-state index contributed by atoms with van der Waals surface area (Å²) in [5.74, 6) is 0. The van der Waals surface area contributed by atoms with Gasteiger partial charge in [0.1, 0.15) is 5.36 Å². The molecule has 1 aliphatic heterocycles. The molecule has 3 aromatic rings. The molecule has 2 heterocycles. The smallest absolute Gasteiger partial charge is 0.248 e. The van der Waals surface area contributed by atoms with Crippen LogP contribution in [0.15, 0.2) is 52.4 Å². The molecule has 84 valence electrons. The molecule has 0 atom stereocenters. The third-order valence-corrected chi connectivity index (χ3v) is 3.07. The van der Waals surface area contributed by atoms with Crippen molar-refractivity contribution in [2.45, 2.75) is 0 Å². The maximum atomic E-state index is 11.3. The van der Waals surface area contributed by atoms with Gasteiger partial charge in [-0.25, -0.2) is 9.78 Å². The molecule has 0 N–H and O–H groups in total. The molecule has 0 spiro atoms. The van der Waals surface area contributed by atoms with Gasteiger partial charge in [-0.15, -0.1) is 0 Å². The fourth-order valence-electron chi connectivity index (χ4n) is 2.25. The molecule has 4 nitrogen and oxygen atoms in total. The van der Waals surface area contributed by atoms with Gasteiger partial charge in [0.25, 0.3) is 0 Å². The number of rotatable bonds is 0. The lowest BCUT2D eigenvalue weighted by atomic mass is 10.1. The summed E-state index contributed by atoms with van der Waals surface area (Å²) in [6.07, 6.45) is 0. The van der Waals surface area contributed by atoms with Crippen molar-refractivity contribution in [3.63, 3.8) is 0 Å². The highest BCUT2D eigenvalue weighted by Gasteiger charge is 2.09. The number of pyridine rings is 1. The van der Waals surface area contributed by atoms with E-state index in [1.165, 1.54) is 0 Å². The minimum absolute atomic E-state index is 0.439. The Morgan fingerprint density at radius 3 is 2.72 bits per heavy atom. The Labute approximate surface area is 101 Å². The van der Waals surface area contributed by atoms with E-state index in [0.717, 1.165) is 21.8 Å². The van der Waals surface area contributed by atoms with Crippen LogP contribution >= 0.6 is 0 Å². The number of benzene rings is 2. The second-order valence-electron chi connectivity index (χ2n) is 4.19. The number of urea groups is 1. The van der Waals surface area contributed by atoms with Gasteiger partial charge in [0.05, 0.1) is 16.4 Å². The SMILES string of the molecule is O=C1N=c2ccc3nc4ccccc4cc3c2=N1. The zero-order valence-corrected chi connectivity index (χ0v) is 9.29. The molecule has 0 bridgehead atoms. The van der Waals surface area contributed by atoms with Gasteiger partial charge in [-0.2, -0.15) is 9.98 Å². The molecule has 0 fully saturated rings. The first-order valence-electron chi connectivity index (χ1n) is 5.61. The highest BCUT2D eigenvalue weighted by Crippen LogP contribution is 2.16. The molecular formula is C14H7N3O. The Kier molecular flexibility index (Phi) is 1.67. The summed E-state index contributed by atoms with van der Waals surface area (Å²) in [5, 5.41) is 3.18. The van der Waals surface area contributed by atoms with E-state index in [1.54, 1.807) is 6.07 Å². The van der Waals surface area contributed by atoms with Crippen LogP contribution in [0.5, 0.6) is 0 Å². The Morgan fingerprint density at radius 1 is 0.889 bits per heavy atom. The predicted octanol–water partition coefficient (Wildman–Crippen LogP) is 1.76. The van der Waals surface area contributed by atoms with Gasteiger partial charge in [0.2, 0.25) is 0 Å². The molecule has 1 aliphatic rings. The molecule has 18 heavy (non-hydrogen) atoms. The normalized spacial score (nSPS) is 13.4. The van der Waals surface area contributed by atoms with Crippen LogP contribution in [-0.4, -0.2) is 11.0 Å². The fourth-order valence-corrected chi connectivity index (χ4v) is 2.25. The molecular weight excluding hydrogens is 226 g/mol. The number of hydrogen-bond acceptors (Lipinski definition) is 2. The van der Waals surface area contributed by atoms with Crippen molar-refractivity contribution in [1.82, 2.24) is 4.98 Å². The monoisotopic (exact) mass is 233 g/mol. The summed E-state index contributed by atoms with van der Waals surface area (Å²) < 4.78 is 0. The summed E-state index contributed by atoms with van der Waals surface area (Å²) in [6, 6.07) is 13.1. The first-order valence-corrected chi connectivity index (χ1v) is 5.61. The van der Waals surface area contributed by atoms with Crippen LogP contribution in [0.4, 0.5) is 4.79 Å². The van der Waals surface area contributed by atoms with E-state index in [0.29, 0.717) is 10.7 Å². The third-order valence-electron chi connectivity index (χ3n) is 3.07. The quantitative estimate of drug-likeness (QED) is 0.555. The number of para-hydroxylation sites is 1. The Balaban J connectivity index is 2.29. The van der Waals surface area contributed by atoms with Crippen LogP contribution in [0.2, 0.25) is 0 Å². The number of fused-ring (bicyclic) bond motifs is 4. The molecule has 2 amide bonds. The number of amides is 2. The lowest BCUT2D eigenvalue weighted by molar-refractivity contribution is 0.257. The van der Waals surface area contributed by atoms with Crippen LogP contribution in [0.3, 0.4) is 0 Å². The van der Waals surface area contributed by atoms with Crippen molar-refractivity contribution >= 4 is 27.8 Å². The molecule has 0 radical (unpaired) electrons.